The van der Waals surface area contributed by atoms with Crippen LogP contribution < -0.4 is 5.32 Å². The van der Waals surface area contributed by atoms with Gasteiger partial charge in [0, 0.05) is 25.2 Å². The number of rotatable bonds is 4. The van der Waals surface area contributed by atoms with E-state index >= 15 is 0 Å². The van der Waals surface area contributed by atoms with Crippen molar-refractivity contribution in [1.82, 2.24) is 9.62 Å². The summed E-state index contributed by atoms with van der Waals surface area (Å²) in [6.45, 7) is 0.284. The third-order valence-corrected chi connectivity index (χ3v) is 7.02. The van der Waals surface area contributed by atoms with Gasteiger partial charge in [0.05, 0.1) is 10.8 Å². The Balaban J connectivity index is 1.69. The van der Waals surface area contributed by atoms with E-state index in [2.05, 4.69) is 5.32 Å². The Morgan fingerprint density at radius 1 is 1.00 bits per heavy atom. The topological polar surface area (TPSA) is 66.5 Å². The number of piperidine rings is 1. The molecule has 0 spiro atoms. The van der Waals surface area contributed by atoms with Gasteiger partial charge in [-0.15, -0.1) is 0 Å². The predicted molar refractivity (Wildman–Crippen MR) is 92.9 cm³/mol. The highest BCUT2D eigenvalue weighted by Gasteiger charge is 2.34. The lowest BCUT2D eigenvalue weighted by molar-refractivity contribution is -0.127. The molecule has 1 amide bonds. The zero-order chi connectivity index (χ0) is 18.7. The molecule has 1 unspecified atom stereocenters. The van der Waals surface area contributed by atoms with E-state index < -0.39 is 32.5 Å². The number of amides is 1. The maximum Gasteiger partial charge on any atom is 0.243 e. The molecule has 1 saturated carbocycles. The van der Waals surface area contributed by atoms with Gasteiger partial charge >= 0.3 is 0 Å². The molecule has 1 aromatic carbocycles. The minimum atomic E-state index is -4.03. The predicted octanol–water partition coefficient (Wildman–Crippen LogP) is 2.81. The molecule has 1 aliphatic carbocycles. The van der Waals surface area contributed by atoms with Crippen molar-refractivity contribution in [2.45, 2.75) is 55.9 Å². The van der Waals surface area contributed by atoms with E-state index in [0.717, 1.165) is 42.1 Å². The van der Waals surface area contributed by atoms with Crippen LogP contribution >= 0.6 is 0 Å². The SMILES string of the molecule is O=C(NC1CCCCC1)C1CCCN(S(=O)(=O)c2cc(F)cc(F)c2)C1. The molecular formula is C18H24F2N2O3S. The molecule has 1 atom stereocenters. The molecule has 2 aliphatic rings. The van der Waals surface area contributed by atoms with Crippen LogP contribution in [-0.2, 0) is 14.8 Å². The fourth-order valence-electron chi connectivity index (χ4n) is 3.77. The van der Waals surface area contributed by atoms with Crippen molar-refractivity contribution in [3.05, 3.63) is 29.8 Å². The van der Waals surface area contributed by atoms with E-state index in [4.69, 9.17) is 0 Å². The van der Waals surface area contributed by atoms with Gasteiger partial charge in [-0.3, -0.25) is 4.79 Å². The summed E-state index contributed by atoms with van der Waals surface area (Å²) in [5.74, 6) is -2.43. The minimum Gasteiger partial charge on any atom is -0.353 e. The summed E-state index contributed by atoms with van der Waals surface area (Å²) in [5.41, 5.74) is 0. The lowest BCUT2D eigenvalue weighted by Gasteiger charge is -2.32. The van der Waals surface area contributed by atoms with Crippen molar-refractivity contribution >= 4 is 15.9 Å². The standard InChI is InChI=1S/C18H24F2N2O3S/c19-14-9-15(20)11-17(10-14)26(24,25)22-8-4-5-13(12-22)18(23)21-16-6-2-1-3-7-16/h9-11,13,16H,1-8,12H2,(H,21,23). The number of carbonyl (C=O) groups is 1. The maximum atomic E-state index is 13.4. The van der Waals surface area contributed by atoms with Crippen molar-refractivity contribution in [2.24, 2.45) is 5.92 Å². The zero-order valence-corrected chi connectivity index (χ0v) is 15.4. The largest absolute Gasteiger partial charge is 0.353 e. The van der Waals surface area contributed by atoms with Crippen LogP contribution in [0.25, 0.3) is 0 Å². The lowest BCUT2D eigenvalue weighted by atomic mass is 9.93. The highest BCUT2D eigenvalue weighted by Crippen LogP contribution is 2.26. The van der Waals surface area contributed by atoms with Crippen LogP contribution in [0.15, 0.2) is 23.1 Å². The number of sulfonamides is 1. The Hall–Kier alpha value is -1.54. The minimum absolute atomic E-state index is 0.0407. The summed E-state index contributed by atoms with van der Waals surface area (Å²) in [6.07, 6.45) is 6.46. The van der Waals surface area contributed by atoms with Crippen molar-refractivity contribution in [3.63, 3.8) is 0 Å². The quantitative estimate of drug-likeness (QED) is 0.865. The summed E-state index contributed by atoms with van der Waals surface area (Å²) >= 11 is 0. The first-order valence-electron chi connectivity index (χ1n) is 9.13. The molecule has 26 heavy (non-hydrogen) atoms. The monoisotopic (exact) mass is 386 g/mol. The second kappa shape index (κ2) is 8.00. The Bertz CT molecular complexity index is 743. The van der Waals surface area contributed by atoms with E-state index in [0.29, 0.717) is 18.9 Å². The van der Waals surface area contributed by atoms with Gasteiger partial charge in [-0.2, -0.15) is 4.31 Å². The molecule has 1 heterocycles. The van der Waals surface area contributed by atoms with Crippen LogP contribution in [0.1, 0.15) is 44.9 Å². The number of halogens is 2. The van der Waals surface area contributed by atoms with Crippen LogP contribution in [-0.4, -0.2) is 37.8 Å². The average molecular weight is 386 g/mol. The second-order valence-corrected chi connectivity index (χ2v) is 9.09. The fourth-order valence-corrected chi connectivity index (χ4v) is 5.33. The molecule has 2 fully saturated rings. The smallest absolute Gasteiger partial charge is 0.243 e. The highest BCUT2D eigenvalue weighted by molar-refractivity contribution is 7.89. The molecule has 0 bridgehead atoms. The Kier molecular flexibility index (Phi) is 5.92. The first-order chi connectivity index (χ1) is 12.4. The molecule has 0 radical (unpaired) electrons. The summed E-state index contributed by atoms with van der Waals surface area (Å²) < 4.78 is 53.4. The number of carbonyl (C=O) groups excluding carboxylic acids is 1. The van der Waals surface area contributed by atoms with E-state index in [-0.39, 0.29) is 25.0 Å². The summed E-state index contributed by atoms with van der Waals surface area (Å²) in [5, 5.41) is 3.04. The van der Waals surface area contributed by atoms with Gasteiger partial charge in [-0.25, -0.2) is 17.2 Å². The molecule has 8 heteroatoms. The summed E-state index contributed by atoms with van der Waals surface area (Å²) in [6, 6.07) is 2.42. The molecular weight excluding hydrogens is 362 g/mol. The Morgan fingerprint density at radius 2 is 1.65 bits per heavy atom. The first-order valence-corrected chi connectivity index (χ1v) is 10.6. The van der Waals surface area contributed by atoms with Crippen LogP contribution in [0.3, 0.4) is 0 Å². The molecule has 1 saturated heterocycles. The van der Waals surface area contributed by atoms with Crippen LogP contribution in [0, 0.1) is 17.6 Å². The van der Waals surface area contributed by atoms with Gasteiger partial charge in [0.2, 0.25) is 15.9 Å². The third kappa shape index (κ3) is 4.40. The van der Waals surface area contributed by atoms with Gasteiger partial charge in [-0.05, 0) is 37.8 Å². The van der Waals surface area contributed by atoms with E-state index in [1.807, 2.05) is 0 Å². The van der Waals surface area contributed by atoms with Crippen LogP contribution in [0.4, 0.5) is 8.78 Å². The molecule has 1 aromatic rings. The molecule has 5 nitrogen and oxygen atoms in total. The number of hydrogen-bond acceptors (Lipinski definition) is 3. The number of nitrogens with zero attached hydrogens (tertiary/aromatic N) is 1. The highest BCUT2D eigenvalue weighted by atomic mass is 32.2. The molecule has 1 aliphatic heterocycles. The second-order valence-electron chi connectivity index (χ2n) is 7.15. The molecule has 3 rings (SSSR count). The van der Waals surface area contributed by atoms with Crippen LogP contribution in [0.5, 0.6) is 0 Å². The number of benzene rings is 1. The maximum absolute atomic E-state index is 13.4. The summed E-state index contributed by atoms with van der Waals surface area (Å²) in [7, 11) is -4.03. The number of hydrogen-bond donors (Lipinski definition) is 1. The summed E-state index contributed by atoms with van der Waals surface area (Å²) in [4.78, 5) is 12.1. The van der Waals surface area contributed by atoms with Crippen molar-refractivity contribution < 1.29 is 22.0 Å². The van der Waals surface area contributed by atoms with E-state index in [1.54, 1.807) is 0 Å². The molecule has 1 N–H and O–H groups in total. The van der Waals surface area contributed by atoms with Crippen LogP contribution in [0.2, 0.25) is 0 Å². The Morgan fingerprint density at radius 3 is 2.31 bits per heavy atom. The van der Waals surface area contributed by atoms with Crippen molar-refractivity contribution in [3.8, 4) is 0 Å². The molecule has 144 valence electrons. The third-order valence-electron chi connectivity index (χ3n) is 5.18. The van der Waals surface area contributed by atoms with Gasteiger partial charge in [-0.1, -0.05) is 19.3 Å². The van der Waals surface area contributed by atoms with Crippen molar-refractivity contribution in [1.29, 1.82) is 0 Å². The van der Waals surface area contributed by atoms with E-state index in [9.17, 15) is 22.0 Å². The lowest BCUT2D eigenvalue weighted by Crippen LogP contribution is -2.47. The van der Waals surface area contributed by atoms with Gasteiger partial charge < -0.3 is 5.32 Å². The Labute approximate surface area is 152 Å². The van der Waals surface area contributed by atoms with Gasteiger partial charge in [0.15, 0.2) is 0 Å². The van der Waals surface area contributed by atoms with Gasteiger partial charge in [0.1, 0.15) is 11.6 Å². The first kappa shape index (κ1) is 19.2. The number of nitrogens with one attached hydrogen (secondary N) is 1. The van der Waals surface area contributed by atoms with Crippen molar-refractivity contribution in [2.75, 3.05) is 13.1 Å². The zero-order valence-electron chi connectivity index (χ0n) is 14.6. The normalized spacial score (nSPS) is 22.9. The average Bonchev–Trinajstić information content (AvgIpc) is 2.62. The van der Waals surface area contributed by atoms with E-state index in [1.165, 1.54) is 6.42 Å². The molecule has 0 aromatic heterocycles. The fraction of sp³-hybridized carbons (Fsp3) is 0.611. The van der Waals surface area contributed by atoms with Gasteiger partial charge in [0.25, 0.3) is 0 Å².